The number of hydrogen-bond donors (Lipinski definition) is 0. The highest BCUT2D eigenvalue weighted by atomic mass is 19.1. The minimum Gasteiger partial charge on any atom is -0.335 e. The van der Waals surface area contributed by atoms with Gasteiger partial charge in [0.05, 0.1) is 17.8 Å². The first-order valence-corrected chi connectivity index (χ1v) is 11.1. The van der Waals surface area contributed by atoms with Gasteiger partial charge in [0, 0.05) is 25.8 Å². The molecule has 5 rings (SSSR count). The monoisotopic (exact) mass is 423 g/mol. The van der Waals surface area contributed by atoms with Crippen LogP contribution >= 0.6 is 0 Å². The van der Waals surface area contributed by atoms with E-state index in [2.05, 4.69) is 9.97 Å². The van der Waals surface area contributed by atoms with Crippen LogP contribution in [0.5, 0.6) is 0 Å². The molecule has 162 valence electrons. The fourth-order valence-electron chi connectivity index (χ4n) is 5.04. The van der Waals surface area contributed by atoms with Crippen LogP contribution in [0, 0.1) is 11.7 Å². The lowest BCUT2D eigenvalue weighted by Crippen LogP contribution is -2.33. The molecule has 0 aromatic carbocycles. The summed E-state index contributed by atoms with van der Waals surface area (Å²) in [7, 11) is 0. The van der Waals surface area contributed by atoms with E-state index in [-0.39, 0.29) is 23.3 Å². The van der Waals surface area contributed by atoms with Crippen LogP contribution < -0.4 is 5.69 Å². The van der Waals surface area contributed by atoms with E-state index in [1.54, 1.807) is 15.7 Å². The topological polar surface area (TPSA) is 73.0 Å². The number of halogens is 1. The summed E-state index contributed by atoms with van der Waals surface area (Å²) in [5.41, 5.74) is 1.72. The number of imidazole rings is 1. The predicted molar refractivity (Wildman–Crippen MR) is 114 cm³/mol. The largest absolute Gasteiger partial charge is 0.335 e. The zero-order chi connectivity index (χ0) is 21.4. The van der Waals surface area contributed by atoms with Gasteiger partial charge in [-0.2, -0.15) is 0 Å². The first-order valence-electron chi connectivity index (χ1n) is 11.1. The Kier molecular flexibility index (Phi) is 5.29. The third-order valence-corrected chi connectivity index (χ3v) is 6.65. The molecule has 3 aromatic rings. The lowest BCUT2D eigenvalue weighted by atomic mass is 9.89. The van der Waals surface area contributed by atoms with Crippen molar-refractivity contribution in [2.75, 3.05) is 13.1 Å². The van der Waals surface area contributed by atoms with Crippen LogP contribution in [0.3, 0.4) is 0 Å². The van der Waals surface area contributed by atoms with Gasteiger partial charge in [-0.15, -0.1) is 0 Å². The lowest BCUT2D eigenvalue weighted by Gasteiger charge is -2.21. The van der Waals surface area contributed by atoms with Crippen LogP contribution in [0.4, 0.5) is 4.39 Å². The van der Waals surface area contributed by atoms with Gasteiger partial charge >= 0.3 is 5.69 Å². The van der Waals surface area contributed by atoms with Crippen molar-refractivity contribution in [1.29, 1.82) is 0 Å². The fraction of sp³-hybridized carbons (Fsp3) is 0.478. The minimum atomic E-state index is -0.473. The number of nitrogens with zero attached hydrogens (tertiary/aromatic N) is 5. The van der Waals surface area contributed by atoms with Gasteiger partial charge in [0.15, 0.2) is 5.65 Å². The summed E-state index contributed by atoms with van der Waals surface area (Å²) in [6.07, 6.45) is 9.50. The number of amides is 1. The highest BCUT2D eigenvalue weighted by molar-refractivity contribution is 5.92. The Morgan fingerprint density at radius 1 is 1.10 bits per heavy atom. The molecule has 0 spiro atoms. The van der Waals surface area contributed by atoms with E-state index in [4.69, 9.17) is 0 Å². The van der Waals surface area contributed by atoms with E-state index in [1.165, 1.54) is 31.4 Å². The molecular weight excluding hydrogens is 397 g/mol. The Morgan fingerprint density at radius 3 is 2.71 bits per heavy atom. The number of aromatic nitrogens is 4. The summed E-state index contributed by atoms with van der Waals surface area (Å²) in [4.78, 5) is 36.4. The van der Waals surface area contributed by atoms with Crippen LogP contribution in [0.15, 0.2) is 41.5 Å². The van der Waals surface area contributed by atoms with Crippen LogP contribution in [-0.2, 0) is 6.54 Å². The van der Waals surface area contributed by atoms with Crippen molar-refractivity contribution in [2.45, 2.75) is 51.1 Å². The average molecular weight is 423 g/mol. The van der Waals surface area contributed by atoms with E-state index >= 15 is 0 Å². The molecule has 1 saturated carbocycles. The molecule has 7 nitrogen and oxygen atoms in total. The van der Waals surface area contributed by atoms with Crippen LogP contribution in [0.1, 0.15) is 55.1 Å². The normalized spacial score (nSPS) is 19.9. The van der Waals surface area contributed by atoms with E-state index in [9.17, 15) is 14.0 Å². The van der Waals surface area contributed by atoms with E-state index in [0.717, 1.165) is 31.1 Å². The Balaban J connectivity index is 1.42. The number of carbonyl (C=O) groups excluding carboxylic acids is 1. The van der Waals surface area contributed by atoms with Crippen molar-refractivity contribution in [3.8, 4) is 0 Å². The number of hydrogen-bond acceptors (Lipinski definition) is 4. The zero-order valence-corrected chi connectivity index (χ0v) is 17.4. The number of likely N-dealkylation sites (tertiary alicyclic amines) is 1. The Hall–Kier alpha value is -3.03. The van der Waals surface area contributed by atoms with Gasteiger partial charge in [0.25, 0.3) is 5.91 Å². The summed E-state index contributed by atoms with van der Waals surface area (Å²) >= 11 is 0. The first-order chi connectivity index (χ1) is 15.1. The molecule has 1 atom stereocenters. The second kappa shape index (κ2) is 8.24. The fourth-order valence-corrected chi connectivity index (χ4v) is 5.04. The predicted octanol–water partition coefficient (Wildman–Crippen LogP) is 3.40. The second-order valence-electron chi connectivity index (χ2n) is 8.67. The Morgan fingerprint density at radius 2 is 1.94 bits per heavy atom. The molecule has 1 saturated heterocycles. The van der Waals surface area contributed by atoms with Gasteiger partial charge in [-0.1, -0.05) is 19.3 Å². The van der Waals surface area contributed by atoms with Gasteiger partial charge in [-0.25, -0.2) is 19.2 Å². The minimum absolute atomic E-state index is 0.0431. The van der Waals surface area contributed by atoms with E-state index in [1.807, 2.05) is 16.7 Å². The van der Waals surface area contributed by atoms with Gasteiger partial charge < -0.3 is 4.90 Å². The summed E-state index contributed by atoms with van der Waals surface area (Å²) in [5.74, 6) is -0.189. The third kappa shape index (κ3) is 3.75. The summed E-state index contributed by atoms with van der Waals surface area (Å²) in [6, 6.07) is 6.33. The lowest BCUT2D eigenvalue weighted by molar-refractivity contribution is 0.0781. The van der Waals surface area contributed by atoms with Gasteiger partial charge in [0.2, 0.25) is 0 Å². The molecule has 3 aromatic heterocycles. The number of fused-ring (bicyclic) bond motifs is 1. The molecule has 2 fully saturated rings. The molecule has 1 aliphatic carbocycles. The number of carbonyl (C=O) groups is 1. The Labute approximate surface area is 179 Å². The van der Waals surface area contributed by atoms with Crippen molar-refractivity contribution >= 4 is 17.1 Å². The maximum atomic E-state index is 13.5. The zero-order valence-electron chi connectivity index (χ0n) is 17.4. The van der Waals surface area contributed by atoms with Crippen molar-refractivity contribution in [3.05, 3.63) is 58.7 Å². The van der Waals surface area contributed by atoms with Crippen LogP contribution in [0.2, 0.25) is 0 Å². The molecule has 31 heavy (non-hydrogen) atoms. The summed E-state index contributed by atoms with van der Waals surface area (Å²) in [6.45, 7) is 1.66. The van der Waals surface area contributed by atoms with Crippen LogP contribution in [-0.4, -0.2) is 43.0 Å². The quantitative estimate of drug-likeness (QED) is 0.645. The summed E-state index contributed by atoms with van der Waals surface area (Å²) in [5, 5.41) is 0. The van der Waals surface area contributed by atoms with Gasteiger partial charge in [0.1, 0.15) is 11.5 Å². The van der Waals surface area contributed by atoms with Crippen molar-refractivity contribution in [2.24, 2.45) is 5.92 Å². The molecule has 0 radical (unpaired) electrons. The maximum absolute atomic E-state index is 13.5. The number of rotatable bonds is 4. The highest BCUT2D eigenvalue weighted by Crippen LogP contribution is 2.28. The molecular formula is C23H26FN5O2. The smallest absolute Gasteiger partial charge is 0.330 e. The second-order valence-corrected chi connectivity index (χ2v) is 8.67. The molecule has 2 aliphatic rings. The van der Waals surface area contributed by atoms with Gasteiger partial charge in [-0.3, -0.25) is 13.9 Å². The molecule has 4 heterocycles. The third-order valence-electron chi connectivity index (χ3n) is 6.65. The van der Waals surface area contributed by atoms with Crippen molar-refractivity contribution < 1.29 is 9.18 Å². The molecule has 1 unspecified atom stereocenters. The van der Waals surface area contributed by atoms with E-state index in [0.29, 0.717) is 31.1 Å². The molecule has 1 amide bonds. The summed E-state index contributed by atoms with van der Waals surface area (Å²) < 4.78 is 16.8. The van der Waals surface area contributed by atoms with Crippen molar-refractivity contribution in [1.82, 2.24) is 24.0 Å². The maximum Gasteiger partial charge on any atom is 0.330 e. The Bertz CT molecular complexity index is 1150. The standard InChI is InChI=1S/C23H26FN5O2/c24-17-8-9-19(26-13-17)22(30)27-12-10-18(15-27)29-21-20(7-4-11-25-21)28(23(29)31)14-16-5-2-1-3-6-16/h4,7-9,11,13,16,18H,1-3,5-6,10,12,14-15H2. The highest BCUT2D eigenvalue weighted by Gasteiger charge is 2.32. The SMILES string of the molecule is O=C(c1ccc(F)cn1)N1CCC(n2c(=O)n(CC3CCCCC3)c3cccnc32)C1. The molecule has 0 bridgehead atoms. The first kappa shape index (κ1) is 19.9. The van der Waals surface area contributed by atoms with E-state index < -0.39 is 5.82 Å². The average Bonchev–Trinajstić information content (AvgIpc) is 3.38. The molecule has 1 aliphatic heterocycles. The van der Waals surface area contributed by atoms with Crippen molar-refractivity contribution in [3.63, 3.8) is 0 Å². The molecule has 8 heteroatoms. The number of pyridine rings is 2. The molecule has 0 N–H and O–H groups in total. The van der Waals surface area contributed by atoms with Gasteiger partial charge in [-0.05, 0) is 49.4 Å². The van der Waals surface area contributed by atoms with Crippen LogP contribution in [0.25, 0.3) is 11.2 Å².